The first-order valence-electron chi connectivity index (χ1n) is 10.3. The predicted molar refractivity (Wildman–Crippen MR) is 114 cm³/mol. The van der Waals surface area contributed by atoms with E-state index in [9.17, 15) is 14.0 Å². The molecule has 0 saturated carbocycles. The third kappa shape index (κ3) is 4.79. The second-order valence-corrected chi connectivity index (χ2v) is 7.52. The van der Waals surface area contributed by atoms with Gasteiger partial charge in [-0.3, -0.25) is 9.59 Å². The predicted octanol–water partition coefficient (Wildman–Crippen LogP) is 4.03. The number of carbonyl (C=O) groups is 2. The van der Waals surface area contributed by atoms with Gasteiger partial charge in [-0.15, -0.1) is 10.2 Å². The molecule has 0 fully saturated rings. The van der Waals surface area contributed by atoms with Crippen LogP contribution in [0, 0.1) is 5.82 Å². The minimum absolute atomic E-state index is 0.0505. The Labute approximate surface area is 179 Å². The van der Waals surface area contributed by atoms with Gasteiger partial charge in [-0.25, -0.2) is 4.39 Å². The number of anilines is 1. The van der Waals surface area contributed by atoms with Crippen molar-refractivity contribution in [1.82, 2.24) is 14.8 Å². The van der Waals surface area contributed by atoms with E-state index in [1.54, 1.807) is 36.4 Å². The van der Waals surface area contributed by atoms with Crippen molar-refractivity contribution in [2.24, 2.45) is 0 Å². The van der Waals surface area contributed by atoms with Crippen molar-refractivity contribution in [3.63, 3.8) is 0 Å². The normalized spacial score (nSPS) is 13.2. The lowest BCUT2D eigenvalue weighted by molar-refractivity contribution is -0.118. The first kappa shape index (κ1) is 20.7. The highest BCUT2D eigenvalue weighted by Gasteiger charge is 2.18. The minimum Gasteiger partial charge on any atom is -0.484 e. The van der Waals surface area contributed by atoms with Gasteiger partial charge in [-0.2, -0.15) is 0 Å². The van der Waals surface area contributed by atoms with Crippen molar-refractivity contribution in [3.8, 4) is 17.1 Å². The highest BCUT2D eigenvalue weighted by Crippen LogP contribution is 2.26. The van der Waals surface area contributed by atoms with Crippen LogP contribution >= 0.6 is 0 Å². The van der Waals surface area contributed by atoms with E-state index in [4.69, 9.17) is 4.74 Å². The molecule has 0 radical (unpaired) electrons. The Balaban J connectivity index is 1.47. The average Bonchev–Trinajstić information content (AvgIpc) is 3.02. The van der Waals surface area contributed by atoms with Gasteiger partial charge in [0.15, 0.2) is 18.2 Å². The molecule has 0 bridgehead atoms. The maximum atomic E-state index is 14.3. The summed E-state index contributed by atoms with van der Waals surface area (Å²) in [5.74, 6) is 0.840. The van der Waals surface area contributed by atoms with Crippen molar-refractivity contribution >= 4 is 17.4 Å². The van der Waals surface area contributed by atoms with E-state index in [0.717, 1.165) is 38.1 Å². The smallest absolute Gasteiger partial charge is 0.262 e. The number of hydrogen-bond acceptors (Lipinski definition) is 5. The van der Waals surface area contributed by atoms with E-state index in [0.29, 0.717) is 22.7 Å². The van der Waals surface area contributed by atoms with Crippen LogP contribution in [0.25, 0.3) is 11.4 Å². The third-order valence-corrected chi connectivity index (χ3v) is 5.22. The van der Waals surface area contributed by atoms with Gasteiger partial charge in [-0.1, -0.05) is 18.6 Å². The minimum atomic E-state index is -0.550. The number of ketones is 1. The highest BCUT2D eigenvalue weighted by atomic mass is 19.1. The molecule has 31 heavy (non-hydrogen) atoms. The van der Waals surface area contributed by atoms with E-state index >= 15 is 0 Å². The Bertz CT molecular complexity index is 1130. The first-order valence-corrected chi connectivity index (χ1v) is 10.3. The number of benzene rings is 2. The van der Waals surface area contributed by atoms with E-state index in [1.807, 2.05) is 0 Å². The monoisotopic (exact) mass is 422 g/mol. The van der Waals surface area contributed by atoms with Gasteiger partial charge in [0.05, 0.1) is 5.69 Å². The van der Waals surface area contributed by atoms with Gasteiger partial charge in [-0.05, 0) is 50.1 Å². The Morgan fingerprint density at radius 3 is 2.84 bits per heavy atom. The number of fused-ring (bicyclic) bond motifs is 1. The summed E-state index contributed by atoms with van der Waals surface area (Å²) in [6, 6.07) is 11.1. The Kier molecular flexibility index (Phi) is 6.06. The van der Waals surface area contributed by atoms with Crippen molar-refractivity contribution in [2.75, 3.05) is 11.9 Å². The fourth-order valence-corrected chi connectivity index (χ4v) is 3.60. The average molecular weight is 422 g/mol. The number of nitrogens with zero attached hydrogens (tertiary/aromatic N) is 3. The zero-order valence-electron chi connectivity index (χ0n) is 17.2. The fraction of sp³-hybridized carbons (Fsp3) is 0.304. The molecule has 0 unspecified atom stereocenters. The molecule has 8 heteroatoms. The van der Waals surface area contributed by atoms with Crippen LogP contribution in [0.3, 0.4) is 0 Å². The number of carbonyl (C=O) groups excluding carboxylic acids is 2. The van der Waals surface area contributed by atoms with Crippen molar-refractivity contribution in [1.29, 1.82) is 0 Å². The van der Waals surface area contributed by atoms with Crippen LogP contribution in [0.5, 0.6) is 5.75 Å². The molecule has 1 amide bonds. The molecule has 0 atom stereocenters. The van der Waals surface area contributed by atoms with Crippen LogP contribution in [0.2, 0.25) is 0 Å². The number of rotatable bonds is 6. The zero-order chi connectivity index (χ0) is 21.8. The fourth-order valence-electron chi connectivity index (χ4n) is 3.60. The number of nitrogens with one attached hydrogen (secondary N) is 1. The summed E-state index contributed by atoms with van der Waals surface area (Å²) in [6.07, 6.45) is 4.14. The van der Waals surface area contributed by atoms with E-state index in [2.05, 4.69) is 20.1 Å². The molecule has 0 spiro atoms. The zero-order valence-corrected chi connectivity index (χ0v) is 17.2. The van der Waals surface area contributed by atoms with Gasteiger partial charge in [0.25, 0.3) is 5.91 Å². The van der Waals surface area contributed by atoms with Crippen LogP contribution in [-0.2, 0) is 17.8 Å². The van der Waals surface area contributed by atoms with E-state index in [-0.39, 0.29) is 18.1 Å². The Hall–Kier alpha value is -3.55. The van der Waals surface area contributed by atoms with Crippen LogP contribution in [0.1, 0.15) is 42.4 Å². The molecule has 0 aliphatic carbocycles. The van der Waals surface area contributed by atoms with Crippen LogP contribution in [0.15, 0.2) is 42.5 Å². The molecular weight excluding hydrogens is 399 g/mol. The maximum absolute atomic E-state index is 14.3. The summed E-state index contributed by atoms with van der Waals surface area (Å²) in [4.78, 5) is 23.8. The maximum Gasteiger partial charge on any atom is 0.262 e. The van der Waals surface area contributed by atoms with Gasteiger partial charge in [0, 0.05) is 24.1 Å². The number of hydrogen-bond donors (Lipinski definition) is 1. The van der Waals surface area contributed by atoms with Crippen molar-refractivity contribution < 1.29 is 18.7 Å². The second kappa shape index (κ2) is 9.07. The lowest BCUT2D eigenvalue weighted by Gasteiger charge is -2.11. The summed E-state index contributed by atoms with van der Waals surface area (Å²) in [6.45, 7) is 1.96. The van der Waals surface area contributed by atoms with Gasteiger partial charge < -0.3 is 14.6 Å². The largest absolute Gasteiger partial charge is 0.484 e. The van der Waals surface area contributed by atoms with E-state index in [1.165, 1.54) is 13.0 Å². The molecular formula is C23H23FN4O3. The molecule has 4 rings (SSSR count). The molecule has 1 aliphatic heterocycles. The number of aryl methyl sites for hydroxylation is 1. The molecule has 0 saturated heterocycles. The topological polar surface area (TPSA) is 86.1 Å². The summed E-state index contributed by atoms with van der Waals surface area (Å²) < 4.78 is 21.9. The number of amides is 1. The molecule has 1 N–H and O–H groups in total. The molecule has 2 heterocycles. The van der Waals surface area contributed by atoms with Gasteiger partial charge in [0.1, 0.15) is 17.4 Å². The quantitative estimate of drug-likeness (QED) is 0.606. The standard InChI is InChI=1S/C23H23FN4O3/c1-15(29)16-6-5-7-18(12-16)31-14-22(30)25-20-13-17(9-10-19(20)24)23-27-26-21-8-3-2-4-11-28(21)23/h5-7,9-10,12-13H,2-4,8,11,14H2,1H3,(H,25,30). The second-order valence-electron chi connectivity index (χ2n) is 7.52. The Morgan fingerprint density at radius 1 is 1.13 bits per heavy atom. The lowest BCUT2D eigenvalue weighted by Crippen LogP contribution is -2.21. The van der Waals surface area contributed by atoms with Crippen LogP contribution in [-0.4, -0.2) is 33.1 Å². The molecule has 7 nitrogen and oxygen atoms in total. The highest BCUT2D eigenvalue weighted by molar-refractivity contribution is 5.94. The SMILES string of the molecule is CC(=O)c1cccc(OCC(=O)Nc2cc(-c3nnc4n3CCCCC4)ccc2F)c1. The molecule has 1 aliphatic rings. The Morgan fingerprint density at radius 2 is 2.00 bits per heavy atom. The number of aromatic nitrogens is 3. The number of halogens is 1. The van der Waals surface area contributed by atoms with Crippen LogP contribution in [0.4, 0.5) is 10.1 Å². The third-order valence-electron chi connectivity index (χ3n) is 5.22. The first-order chi connectivity index (χ1) is 15.0. The summed E-state index contributed by atoms with van der Waals surface area (Å²) in [5.41, 5.74) is 1.23. The van der Waals surface area contributed by atoms with Crippen molar-refractivity contribution in [3.05, 3.63) is 59.7 Å². The van der Waals surface area contributed by atoms with E-state index < -0.39 is 11.7 Å². The molecule has 160 valence electrons. The lowest BCUT2D eigenvalue weighted by atomic mass is 10.1. The molecule has 1 aromatic heterocycles. The summed E-state index contributed by atoms with van der Waals surface area (Å²) >= 11 is 0. The molecule has 3 aromatic rings. The van der Waals surface area contributed by atoms with Gasteiger partial charge in [0.2, 0.25) is 0 Å². The molecule has 2 aromatic carbocycles. The van der Waals surface area contributed by atoms with Crippen molar-refractivity contribution in [2.45, 2.75) is 39.2 Å². The number of ether oxygens (including phenoxy) is 1. The number of Topliss-reactive ketones (excluding diaryl/α,β-unsaturated/α-hetero) is 1. The summed E-state index contributed by atoms with van der Waals surface area (Å²) in [5, 5.41) is 11.1. The van der Waals surface area contributed by atoms with Crippen LogP contribution < -0.4 is 10.1 Å². The van der Waals surface area contributed by atoms with Gasteiger partial charge >= 0.3 is 0 Å². The summed E-state index contributed by atoms with van der Waals surface area (Å²) in [7, 11) is 0.